The van der Waals surface area contributed by atoms with E-state index in [1.807, 2.05) is 13.0 Å². The highest BCUT2D eigenvalue weighted by atomic mass is 32.2. The number of rotatable bonds is 4. The first-order valence-corrected chi connectivity index (χ1v) is 11.7. The number of hydrogen-bond donors (Lipinski definition) is 0. The zero-order chi connectivity index (χ0) is 20.9. The van der Waals surface area contributed by atoms with Crippen LogP contribution in [0, 0.1) is 37.5 Å². The summed E-state index contributed by atoms with van der Waals surface area (Å²) in [6.07, 6.45) is 2.54. The summed E-state index contributed by atoms with van der Waals surface area (Å²) in [5.41, 5.74) is 1.58. The molecule has 4 rings (SSSR count). The van der Waals surface area contributed by atoms with Crippen LogP contribution in [0.4, 0.5) is 0 Å². The van der Waals surface area contributed by atoms with E-state index in [-0.39, 0.29) is 43.9 Å². The van der Waals surface area contributed by atoms with Gasteiger partial charge in [0.1, 0.15) is 0 Å². The summed E-state index contributed by atoms with van der Waals surface area (Å²) in [6, 6.07) is 5.37. The lowest BCUT2D eigenvalue weighted by molar-refractivity contribution is -0.314. The number of carboxylic acid groups (broad SMARTS) is 1. The van der Waals surface area contributed by atoms with Crippen LogP contribution in [0.5, 0.6) is 0 Å². The number of aliphatic carboxylic acids is 1. The predicted molar refractivity (Wildman–Crippen MR) is 104 cm³/mol. The molecule has 0 N–H and O–H groups in total. The molecule has 2 bridgehead atoms. The molecule has 0 unspecified atom stereocenters. The van der Waals surface area contributed by atoms with Gasteiger partial charge in [0, 0.05) is 44.0 Å². The van der Waals surface area contributed by atoms with Crippen LogP contribution in [0.3, 0.4) is 0 Å². The quantitative estimate of drug-likeness (QED) is 0.710. The Bertz CT molecular complexity index is 936. The molecule has 1 saturated heterocycles. The highest BCUT2D eigenvalue weighted by Crippen LogP contribution is 2.52. The van der Waals surface area contributed by atoms with Gasteiger partial charge in [-0.05, 0) is 62.1 Å². The van der Waals surface area contributed by atoms with Crippen molar-refractivity contribution < 1.29 is 23.1 Å². The molecule has 1 aromatic carbocycles. The number of carbonyl (C=O) groups is 2. The molecule has 8 heteroatoms. The van der Waals surface area contributed by atoms with Gasteiger partial charge in [0.25, 0.3) is 0 Å². The zero-order valence-electron chi connectivity index (χ0n) is 16.8. The van der Waals surface area contributed by atoms with Gasteiger partial charge in [-0.3, -0.25) is 4.79 Å². The van der Waals surface area contributed by atoms with Crippen LogP contribution in [-0.2, 0) is 19.6 Å². The maximum absolute atomic E-state index is 13.1. The lowest BCUT2D eigenvalue weighted by atomic mass is 9.78. The second-order valence-corrected chi connectivity index (χ2v) is 10.6. The fourth-order valence-electron chi connectivity index (χ4n) is 5.47. The van der Waals surface area contributed by atoms with E-state index in [1.54, 1.807) is 24.0 Å². The molecular weight excluding hydrogens is 392 g/mol. The lowest BCUT2D eigenvalue weighted by Crippen LogP contribution is -2.54. The molecule has 0 radical (unpaired) electrons. The Kier molecular flexibility index (Phi) is 5.19. The summed E-state index contributed by atoms with van der Waals surface area (Å²) in [5, 5.41) is 11.6. The van der Waals surface area contributed by atoms with Crippen LogP contribution in [0.15, 0.2) is 23.1 Å². The van der Waals surface area contributed by atoms with E-state index >= 15 is 0 Å². The average Bonchev–Trinajstić information content (AvgIpc) is 3.31. The van der Waals surface area contributed by atoms with Crippen molar-refractivity contribution in [2.45, 2.75) is 38.0 Å². The van der Waals surface area contributed by atoms with Crippen LogP contribution in [0.25, 0.3) is 0 Å². The Morgan fingerprint density at radius 1 is 1.00 bits per heavy atom. The Morgan fingerprint density at radius 2 is 1.62 bits per heavy atom. The monoisotopic (exact) mass is 419 g/mol. The second kappa shape index (κ2) is 7.40. The highest BCUT2D eigenvalue weighted by Gasteiger charge is 2.52. The van der Waals surface area contributed by atoms with Crippen LogP contribution in [0.1, 0.15) is 30.4 Å². The van der Waals surface area contributed by atoms with E-state index in [0.29, 0.717) is 10.5 Å². The fraction of sp³-hybridized carbons (Fsp3) is 0.619. The van der Waals surface area contributed by atoms with E-state index in [9.17, 15) is 23.1 Å². The standard InChI is InChI=1S/C21H28N2O5S/c1-13-3-4-14(2)17(11-13)29(27,28)23-9-7-22(8-10-23)20(24)18-15-5-6-16(12-15)19(18)21(25)26/h3-4,11,15-16,18-19H,5-10,12H2,1-2H3,(H,25,26)/p-1/t15-,16+,18+,19+/m1/s1. The third kappa shape index (κ3) is 3.46. The first-order chi connectivity index (χ1) is 13.7. The molecule has 3 fully saturated rings. The molecule has 0 aromatic heterocycles. The van der Waals surface area contributed by atoms with Crippen LogP contribution >= 0.6 is 0 Å². The van der Waals surface area contributed by atoms with Crippen molar-refractivity contribution in [1.82, 2.24) is 9.21 Å². The third-order valence-electron chi connectivity index (χ3n) is 6.99. The summed E-state index contributed by atoms with van der Waals surface area (Å²) in [7, 11) is -3.62. The normalized spacial score (nSPS) is 29.9. The van der Waals surface area contributed by atoms with Crippen molar-refractivity contribution in [3.63, 3.8) is 0 Å². The molecule has 2 aliphatic carbocycles. The highest BCUT2D eigenvalue weighted by molar-refractivity contribution is 7.89. The molecule has 7 nitrogen and oxygen atoms in total. The number of carboxylic acids is 1. The van der Waals surface area contributed by atoms with Crippen molar-refractivity contribution in [3.8, 4) is 0 Å². The SMILES string of the molecule is Cc1ccc(C)c(S(=O)(=O)N2CCN(C(=O)[C@H]3[C@@H]4CC[C@@H](C4)[C@@H]3C(=O)[O-])CC2)c1. The Labute approximate surface area is 171 Å². The smallest absolute Gasteiger partial charge is 0.243 e. The van der Waals surface area contributed by atoms with Crippen molar-refractivity contribution in [3.05, 3.63) is 29.3 Å². The lowest BCUT2D eigenvalue weighted by Gasteiger charge is -2.39. The maximum Gasteiger partial charge on any atom is 0.243 e. The van der Waals surface area contributed by atoms with Gasteiger partial charge < -0.3 is 14.8 Å². The number of carbonyl (C=O) groups excluding carboxylic acids is 2. The van der Waals surface area contributed by atoms with Gasteiger partial charge in [0.15, 0.2) is 0 Å². The summed E-state index contributed by atoms with van der Waals surface area (Å²) in [6.45, 7) is 4.66. The van der Waals surface area contributed by atoms with E-state index < -0.39 is 27.8 Å². The number of benzene rings is 1. The molecule has 3 aliphatic rings. The van der Waals surface area contributed by atoms with Gasteiger partial charge in [-0.1, -0.05) is 12.1 Å². The Balaban J connectivity index is 1.46. The first kappa shape index (κ1) is 20.3. The average molecular weight is 420 g/mol. The summed E-state index contributed by atoms with van der Waals surface area (Å²) < 4.78 is 27.6. The number of amides is 1. The molecule has 4 atom stereocenters. The summed E-state index contributed by atoms with van der Waals surface area (Å²) >= 11 is 0. The minimum atomic E-state index is -3.62. The van der Waals surface area contributed by atoms with Crippen molar-refractivity contribution in [2.24, 2.45) is 23.7 Å². The number of sulfonamides is 1. The van der Waals surface area contributed by atoms with Gasteiger partial charge in [-0.25, -0.2) is 8.42 Å². The van der Waals surface area contributed by atoms with Gasteiger partial charge in [-0.2, -0.15) is 4.31 Å². The molecule has 1 amide bonds. The van der Waals surface area contributed by atoms with Gasteiger partial charge >= 0.3 is 0 Å². The zero-order valence-corrected chi connectivity index (χ0v) is 17.7. The van der Waals surface area contributed by atoms with E-state index in [2.05, 4.69) is 0 Å². The predicted octanol–water partition coefficient (Wildman–Crippen LogP) is 0.549. The Hall–Kier alpha value is -1.93. The fourth-order valence-corrected chi connectivity index (χ4v) is 7.20. The van der Waals surface area contributed by atoms with Crippen LogP contribution < -0.4 is 5.11 Å². The number of fused-ring (bicyclic) bond motifs is 2. The van der Waals surface area contributed by atoms with Gasteiger partial charge in [0.05, 0.1) is 4.90 Å². The third-order valence-corrected chi connectivity index (χ3v) is 9.03. The van der Waals surface area contributed by atoms with E-state index in [4.69, 9.17) is 0 Å². The van der Waals surface area contributed by atoms with E-state index in [0.717, 1.165) is 24.8 Å². The topological polar surface area (TPSA) is 97.8 Å². The van der Waals surface area contributed by atoms with Crippen molar-refractivity contribution >= 4 is 21.9 Å². The van der Waals surface area contributed by atoms with Crippen LogP contribution in [-0.4, -0.2) is 55.7 Å². The maximum atomic E-state index is 13.1. The second-order valence-electron chi connectivity index (χ2n) is 8.70. The molecule has 1 aliphatic heterocycles. The van der Waals surface area contributed by atoms with Crippen molar-refractivity contribution in [1.29, 1.82) is 0 Å². The van der Waals surface area contributed by atoms with Crippen molar-refractivity contribution in [2.75, 3.05) is 26.2 Å². The number of aryl methyl sites for hydroxylation is 2. The number of hydrogen-bond acceptors (Lipinski definition) is 5. The minimum absolute atomic E-state index is 0.0462. The summed E-state index contributed by atoms with van der Waals surface area (Å²) in [4.78, 5) is 26.7. The minimum Gasteiger partial charge on any atom is -0.550 e. The molecule has 0 spiro atoms. The molecule has 1 aromatic rings. The van der Waals surface area contributed by atoms with E-state index in [1.165, 1.54) is 4.31 Å². The summed E-state index contributed by atoms with van der Waals surface area (Å²) in [5.74, 6) is -2.31. The molecule has 2 saturated carbocycles. The largest absolute Gasteiger partial charge is 0.550 e. The van der Waals surface area contributed by atoms with Gasteiger partial charge in [-0.15, -0.1) is 0 Å². The first-order valence-electron chi connectivity index (χ1n) is 10.3. The number of piperazine rings is 1. The van der Waals surface area contributed by atoms with Gasteiger partial charge in [0.2, 0.25) is 15.9 Å². The molecule has 29 heavy (non-hydrogen) atoms. The number of nitrogens with zero attached hydrogens (tertiary/aromatic N) is 2. The molecule has 158 valence electrons. The molecular formula is C21H27N2O5S-. The molecule has 1 heterocycles. The van der Waals surface area contributed by atoms with Crippen LogP contribution in [0.2, 0.25) is 0 Å². The Morgan fingerprint density at radius 3 is 2.24 bits per heavy atom.